The third-order valence-electron chi connectivity index (χ3n) is 8.78. The molecule has 2 aromatic rings. The third kappa shape index (κ3) is 5.80. The van der Waals surface area contributed by atoms with E-state index in [2.05, 4.69) is 31.0 Å². The zero-order valence-electron chi connectivity index (χ0n) is 23.5. The molecule has 212 valence electrons. The summed E-state index contributed by atoms with van der Waals surface area (Å²) in [5.41, 5.74) is 2.30. The van der Waals surface area contributed by atoms with E-state index in [1.54, 1.807) is 18.2 Å². The average molecular weight is 564 g/mol. The summed E-state index contributed by atoms with van der Waals surface area (Å²) >= 11 is 6.32. The number of carbonyl (C=O) groups excluding carboxylic acids is 2. The largest absolute Gasteiger partial charge is 0.481 e. The Balaban J connectivity index is 1.47. The van der Waals surface area contributed by atoms with Crippen LogP contribution in [0, 0.1) is 17.3 Å². The molecule has 2 N–H and O–H groups in total. The summed E-state index contributed by atoms with van der Waals surface area (Å²) in [5.74, 6) is -0.410. The van der Waals surface area contributed by atoms with Crippen molar-refractivity contribution in [2.45, 2.75) is 77.4 Å². The summed E-state index contributed by atoms with van der Waals surface area (Å²) in [6.07, 6.45) is 5.60. The summed E-state index contributed by atoms with van der Waals surface area (Å²) in [7, 11) is 0. The lowest BCUT2D eigenvalue weighted by Gasteiger charge is -2.47. The van der Waals surface area contributed by atoms with Gasteiger partial charge in [-0.1, -0.05) is 56.6 Å². The van der Waals surface area contributed by atoms with Crippen LogP contribution in [0.1, 0.15) is 93.2 Å². The Morgan fingerprint density at radius 1 is 1.10 bits per heavy atom. The molecule has 8 heteroatoms. The third-order valence-corrected chi connectivity index (χ3v) is 9.02. The van der Waals surface area contributed by atoms with Gasteiger partial charge >= 0.3 is 5.97 Å². The van der Waals surface area contributed by atoms with Gasteiger partial charge in [0.1, 0.15) is 11.4 Å². The predicted molar refractivity (Wildman–Crippen MR) is 155 cm³/mol. The van der Waals surface area contributed by atoms with Gasteiger partial charge in [-0.05, 0) is 85.6 Å². The highest BCUT2D eigenvalue weighted by molar-refractivity contribution is 6.47. The number of rotatable bonds is 8. The highest BCUT2D eigenvalue weighted by atomic mass is 35.5. The van der Waals surface area contributed by atoms with E-state index in [1.165, 1.54) is 0 Å². The van der Waals surface area contributed by atoms with Crippen LogP contribution in [0.2, 0.25) is 5.02 Å². The second kappa shape index (κ2) is 11.0. The van der Waals surface area contributed by atoms with E-state index >= 15 is 0 Å². The van der Waals surface area contributed by atoms with E-state index in [0.29, 0.717) is 28.1 Å². The van der Waals surface area contributed by atoms with Gasteiger partial charge in [-0.2, -0.15) is 0 Å². The summed E-state index contributed by atoms with van der Waals surface area (Å²) in [5, 5.41) is 12.1. The number of amides is 2. The standard InChI is InChI=1S/C32H38ClN3O4/c1-31(2,3)24-13-16-32(17-14-24)35-27(23-5-4-6-25(33)19-23)30(40)36(32)28(20-7-8-20)21-9-11-22(12-10-21)29(39)34-18-15-26(37)38/h4-6,9-12,19-20,24,28H,7-8,13-18H2,1-3H3,(H,34,39)(H,37,38). The number of aliphatic imine (C=N–C) groups is 1. The van der Waals surface area contributed by atoms with Crippen LogP contribution in [0.5, 0.6) is 0 Å². The molecule has 0 aromatic heterocycles. The smallest absolute Gasteiger partial charge is 0.305 e. The number of nitrogens with zero attached hydrogens (tertiary/aromatic N) is 2. The molecule has 2 saturated carbocycles. The number of nitrogens with one attached hydrogen (secondary N) is 1. The maximum absolute atomic E-state index is 14.3. The van der Waals surface area contributed by atoms with E-state index < -0.39 is 11.6 Å². The monoisotopic (exact) mass is 563 g/mol. The molecule has 1 atom stereocenters. The van der Waals surface area contributed by atoms with E-state index in [9.17, 15) is 14.4 Å². The number of carboxylic acid groups (broad SMARTS) is 1. The van der Waals surface area contributed by atoms with E-state index in [-0.39, 0.29) is 36.2 Å². The van der Waals surface area contributed by atoms with Crippen molar-refractivity contribution in [2.24, 2.45) is 22.2 Å². The SMILES string of the molecule is CC(C)(C)C1CCC2(CC1)N=C(c1cccc(Cl)c1)C(=O)N2C(c1ccc(C(=O)NCCC(=O)O)cc1)C1CC1. The van der Waals surface area contributed by atoms with Crippen molar-refractivity contribution in [3.8, 4) is 0 Å². The van der Waals surface area contributed by atoms with E-state index in [4.69, 9.17) is 21.7 Å². The lowest BCUT2D eigenvalue weighted by Crippen LogP contribution is -2.52. The molecule has 0 radical (unpaired) electrons. The Morgan fingerprint density at radius 2 is 1.77 bits per heavy atom. The number of aliphatic carboxylic acids is 1. The Morgan fingerprint density at radius 3 is 2.35 bits per heavy atom. The second-order valence-electron chi connectivity index (χ2n) is 12.6. The lowest BCUT2D eigenvalue weighted by atomic mass is 9.69. The van der Waals surface area contributed by atoms with Crippen LogP contribution in [-0.4, -0.2) is 45.7 Å². The molecular weight excluding hydrogens is 526 g/mol. The molecule has 3 aliphatic rings. The number of hydrogen-bond acceptors (Lipinski definition) is 4. The van der Waals surface area contributed by atoms with E-state index in [1.807, 2.05) is 30.3 Å². The minimum Gasteiger partial charge on any atom is -0.481 e. The van der Waals surface area contributed by atoms with E-state index in [0.717, 1.165) is 49.7 Å². The molecule has 2 amide bonds. The van der Waals surface area contributed by atoms with Gasteiger partial charge < -0.3 is 15.3 Å². The van der Waals surface area contributed by atoms with Crippen molar-refractivity contribution in [2.75, 3.05) is 6.54 Å². The maximum Gasteiger partial charge on any atom is 0.305 e. The van der Waals surface area contributed by atoms with Crippen LogP contribution < -0.4 is 5.32 Å². The fourth-order valence-electron chi connectivity index (χ4n) is 6.38. The van der Waals surface area contributed by atoms with Gasteiger partial charge in [-0.25, -0.2) is 0 Å². The molecule has 1 heterocycles. The van der Waals surface area contributed by atoms with Crippen LogP contribution in [0.3, 0.4) is 0 Å². The van der Waals surface area contributed by atoms with Crippen LogP contribution in [-0.2, 0) is 9.59 Å². The van der Waals surface area contributed by atoms with Crippen LogP contribution in [0.25, 0.3) is 0 Å². The molecular formula is C32H38ClN3O4. The van der Waals surface area contributed by atoms with Gasteiger partial charge in [0.2, 0.25) is 0 Å². The zero-order chi connectivity index (χ0) is 28.7. The number of carboxylic acids is 1. The average Bonchev–Trinajstić information content (AvgIpc) is 3.71. The van der Waals surface area contributed by atoms with Gasteiger partial charge in [-0.15, -0.1) is 0 Å². The van der Waals surface area contributed by atoms with Crippen LogP contribution in [0.15, 0.2) is 53.5 Å². The predicted octanol–water partition coefficient (Wildman–Crippen LogP) is 6.26. The lowest BCUT2D eigenvalue weighted by molar-refractivity contribution is -0.137. The van der Waals surface area contributed by atoms with Crippen molar-refractivity contribution in [1.82, 2.24) is 10.2 Å². The first-order chi connectivity index (χ1) is 19.0. The highest BCUT2D eigenvalue weighted by Crippen LogP contribution is 2.54. The topological polar surface area (TPSA) is 99.1 Å². The number of halogens is 1. The minimum atomic E-state index is -0.956. The molecule has 2 aliphatic carbocycles. The second-order valence-corrected chi connectivity index (χ2v) is 13.0. The van der Waals surface area contributed by atoms with Gasteiger partial charge in [0.05, 0.1) is 12.5 Å². The Bertz CT molecular complexity index is 1320. The maximum atomic E-state index is 14.3. The quantitative estimate of drug-likeness (QED) is 0.396. The summed E-state index contributed by atoms with van der Waals surface area (Å²) < 4.78 is 0. The highest BCUT2D eigenvalue weighted by Gasteiger charge is 2.55. The first-order valence-corrected chi connectivity index (χ1v) is 14.7. The van der Waals surface area contributed by atoms with Gasteiger partial charge in [0.25, 0.3) is 11.8 Å². The zero-order valence-corrected chi connectivity index (χ0v) is 24.2. The van der Waals surface area contributed by atoms with Crippen molar-refractivity contribution >= 4 is 35.1 Å². The first-order valence-electron chi connectivity index (χ1n) is 14.3. The van der Waals surface area contributed by atoms with Crippen molar-refractivity contribution in [3.05, 3.63) is 70.2 Å². The molecule has 1 spiro atoms. The molecule has 2 aromatic carbocycles. The van der Waals surface area contributed by atoms with Crippen molar-refractivity contribution in [1.29, 1.82) is 0 Å². The molecule has 5 rings (SSSR count). The summed E-state index contributed by atoms with van der Waals surface area (Å²) in [6, 6.07) is 14.7. The van der Waals surface area contributed by atoms with Crippen molar-refractivity contribution < 1.29 is 19.5 Å². The number of hydrogen-bond donors (Lipinski definition) is 2. The Labute approximate surface area is 241 Å². The summed E-state index contributed by atoms with van der Waals surface area (Å²) in [6.45, 7) is 6.95. The normalized spacial score (nSPS) is 23.7. The van der Waals surface area contributed by atoms with Gasteiger partial charge in [0.15, 0.2) is 0 Å². The summed E-state index contributed by atoms with van der Waals surface area (Å²) in [4.78, 5) is 44.9. The first kappa shape index (κ1) is 28.3. The number of carbonyl (C=O) groups is 3. The van der Waals surface area contributed by atoms with Crippen molar-refractivity contribution in [3.63, 3.8) is 0 Å². The van der Waals surface area contributed by atoms with Gasteiger partial charge in [-0.3, -0.25) is 19.4 Å². The Hall–Kier alpha value is -3.19. The van der Waals surface area contributed by atoms with Gasteiger partial charge in [0, 0.05) is 22.7 Å². The molecule has 0 saturated heterocycles. The fraction of sp³-hybridized carbons (Fsp3) is 0.500. The molecule has 2 fully saturated rings. The molecule has 0 bridgehead atoms. The fourth-order valence-corrected chi connectivity index (χ4v) is 6.57. The number of benzene rings is 2. The van der Waals surface area contributed by atoms with Crippen LogP contribution >= 0.6 is 11.6 Å². The molecule has 1 aliphatic heterocycles. The molecule has 1 unspecified atom stereocenters. The minimum absolute atomic E-state index is 0.0520. The molecule has 7 nitrogen and oxygen atoms in total. The Kier molecular flexibility index (Phi) is 7.79. The van der Waals surface area contributed by atoms with Crippen LogP contribution in [0.4, 0.5) is 0 Å². The molecule has 40 heavy (non-hydrogen) atoms.